The number of carbonyl (C=O) groups excluding carboxylic acids is 1. The number of hydrogen-bond donors (Lipinski definition) is 0. The van der Waals surface area contributed by atoms with E-state index in [4.69, 9.17) is 9.47 Å². The standard InChI is InChI=1S/C9H14N2O3/c1-3-14-9(12)8-4-5-11(10-8)6-7-13-2/h4-5H,3,6-7H2,1-2H3. The van der Waals surface area contributed by atoms with Crippen molar-refractivity contribution >= 4 is 5.97 Å². The van der Waals surface area contributed by atoms with Crippen molar-refractivity contribution in [2.45, 2.75) is 13.5 Å². The van der Waals surface area contributed by atoms with Crippen LogP contribution in [0.15, 0.2) is 12.3 Å². The van der Waals surface area contributed by atoms with Gasteiger partial charge in [0.2, 0.25) is 0 Å². The van der Waals surface area contributed by atoms with E-state index in [1.807, 2.05) is 0 Å². The highest BCUT2D eigenvalue weighted by molar-refractivity contribution is 5.86. The van der Waals surface area contributed by atoms with Crippen LogP contribution in [0, 0.1) is 0 Å². The Kier molecular flexibility index (Phi) is 4.12. The molecule has 0 fully saturated rings. The van der Waals surface area contributed by atoms with Crippen LogP contribution in [0.4, 0.5) is 0 Å². The fraction of sp³-hybridized carbons (Fsp3) is 0.556. The van der Waals surface area contributed by atoms with Crippen molar-refractivity contribution in [3.8, 4) is 0 Å². The molecule has 0 saturated heterocycles. The summed E-state index contributed by atoms with van der Waals surface area (Å²) >= 11 is 0. The minimum atomic E-state index is -0.385. The van der Waals surface area contributed by atoms with Gasteiger partial charge in [-0.15, -0.1) is 0 Å². The Morgan fingerprint density at radius 2 is 2.43 bits per heavy atom. The second-order valence-electron chi connectivity index (χ2n) is 2.68. The molecule has 0 aliphatic rings. The lowest BCUT2D eigenvalue weighted by Crippen LogP contribution is -2.09. The average molecular weight is 198 g/mol. The molecule has 0 aliphatic carbocycles. The molecule has 0 N–H and O–H groups in total. The van der Waals surface area contributed by atoms with Crippen LogP contribution < -0.4 is 0 Å². The molecule has 1 heterocycles. The maximum absolute atomic E-state index is 11.2. The van der Waals surface area contributed by atoms with Gasteiger partial charge in [-0.1, -0.05) is 0 Å². The van der Waals surface area contributed by atoms with Crippen LogP contribution in [0.1, 0.15) is 17.4 Å². The number of nitrogens with zero attached hydrogens (tertiary/aromatic N) is 2. The lowest BCUT2D eigenvalue weighted by atomic mass is 10.4. The van der Waals surface area contributed by atoms with Crippen LogP contribution in [0.25, 0.3) is 0 Å². The Labute approximate surface area is 82.6 Å². The van der Waals surface area contributed by atoms with Crippen LogP contribution in [0.5, 0.6) is 0 Å². The van der Waals surface area contributed by atoms with Gasteiger partial charge >= 0.3 is 5.97 Å². The van der Waals surface area contributed by atoms with Crippen LogP contribution >= 0.6 is 0 Å². The van der Waals surface area contributed by atoms with Crippen LogP contribution in [0.3, 0.4) is 0 Å². The summed E-state index contributed by atoms with van der Waals surface area (Å²) in [4.78, 5) is 11.2. The van der Waals surface area contributed by atoms with Crippen molar-refractivity contribution in [3.63, 3.8) is 0 Å². The molecule has 5 heteroatoms. The highest BCUT2D eigenvalue weighted by Gasteiger charge is 2.09. The number of methoxy groups -OCH3 is 1. The minimum absolute atomic E-state index is 0.336. The van der Waals surface area contributed by atoms with E-state index in [0.717, 1.165) is 0 Å². The predicted octanol–water partition coefficient (Wildman–Crippen LogP) is 0.706. The summed E-state index contributed by atoms with van der Waals surface area (Å²) in [6.07, 6.45) is 1.73. The topological polar surface area (TPSA) is 53.4 Å². The van der Waals surface area contributed by atoms with Gasteiger partial charge in [0.25, 0.3) is 0 Å². The molecule has 0 bridgehead atoms. The summed E-state index contributed by atoms with van der Waals surface area (Å²) in [7, 11) is 1.62. The first-order valence-corrected chi connectivity index (χ1v) is 4.47. The van der Waals surface area contributed by atoms with E-state index in [1.165, 1.54) is 0 Å². The molecule has 0 radical (unpaired) electrons. The first kappa shape index (κ1) is 10.7. The number of ether oxygens (including phenoxy) is 2. The molecule has 78 valence electrons. The maximum Gasteiger partial charge on any atom is 0.358 e. The molecule has 0 unspecified atom stereocenters. The molecular formula is C9H14N2O3. The normalized spacial score (nSPS) is 10.1. The fourth-order valence-corrected chi connectivity index (χ4v) is 0.985. The van der Waals surface area contributed by atoms with E-state index in [0.29, 0.717) is 25.5 Å². The third-order valence-electron chi connectivity index (χ3n) is 1.65. The second kappa shape index (κ2) is 5.39. The SMILES string of the molecule is CCOC(=O)c1ccn(CCOC)n1. The molecule has 0 saturated carbocycles. The van der Waals surface area contributed by atoms with Crippen molar-refractivity contribution in [1.29, 1.82) is 0 Å². The van der Waals surface area contributed by atoms with E-state index in [1.54, 1.807) is 31.0 Å². The minimum Gasteiger partial charge on any atom is -0.461 e. The third kappa shape index (κ3) is 2.85. The van der Waals surface area contributed by atoms with Gasteiger partial charge in [-0.3, -0.25) is 4.68 Å². The largest absolute Gasteiger partial charge is 0.461 e. The Morgan fingerprint density at radius 1 is 1.64 bits per heavy atom. The van der Waals surface area contributed by atoms with Crippen molar-refractivity contribution < 1.29 is 14.3 Å². The number of hydrogen-bond acceptors (Lipinski definition) is 4. The van der Waals surface area contributed by atoms with Gasteiger partial charge in [-0.2, -0.15) is 5.10 Å². The van der Waals surface area contributed by atoms with Gasteiger partial charge in [0.1, 0.15) is 0 Å². The lowest BCUT2D eigenvalue weighted by molar-refractivity contribution is 0.0518. The van der Waals surface area contributed by atoms with Crippen LogP contribution in [-0.2, 0) is 16.0 Å². The van der Waals surface area contributed by atoms with Crippen LogP contribution in [0.2, 0.25) is 0 Å². The predicted molar refractivity (Wildman–Crippen MR) is 50.1 cm³/mol. The van der Waals surface area contributed by atoms with E-state index in [-0.39, 0.29) is 5.97 Å². The van der Waals surface area contributed by atoms with Gasteiger partial charge in [0, 0.05) is 13.3 Å². The smallest absolute Gasteiger partial charge is 0.358 e. The van der Waals surface area contributed by atoms with Crippen molar-refractivity contribution in [2.75, 3.05) is 20.3 Å². The Hall–Kier alpha value is -1.36. The zero-order valence-electron chi connectivity index (χ0n) is 8.40. The zero-order chi connectivity index (χ0) is 10.4. The molecular weight excluding hydrogens is 184 g/mol. The molecule has 1 aromatic heterocycles. The number of esters is 1. The molecule has 14 heavy (non-hydrogen) atoms. The second-order valence-corrected chi connectivity index (χ2v) is 2.68. The highest BCUT2D eigenvalue weighted by atomic mass is 16.5. The lowest BCUT2D eigenvalue weighted by Gasteiger charge is -1.99. The Bertz CT molecular complexity index is 296. The molecule has 0 atom stereocenters. The summed E-state index contributed by atoms with van der Waals surface area (Å²) in [5, 5.41) is 4.03. The molecule has 1 rings (SSSR count). The summed E-state index contributed by atoms with van der Waals surface area (Å²) in [6, 6.07) is 1.63. The first-order chi connectivity index (χ1) is 6.77. The van der Waals surface area contributed by atoms with Crippen LogP contribution in [-0.4, -0.2) is 36.1 Å². The Balaban J connectivity index is 2.54. The average Bonchev–Trinajstić information content (AvgIpc) is 2.63. The van der Waals surface area contributed by atoms with Crippen molar-refractivity contribution in [2.24, 2.45) is 0 Å². The number of carbonyl (C=O) groups is 1. The van der Waals surface area contributed by atoms with Gasteiger partial charge < -0.3 is 9.47 Å². The number of aromatic nitrogens is 2. The van der Waals surface area contributed by atoms with Gasteiger partial charge in [-0.25, -0.2) is 4.79 Å². The molecule has 1 aromatic rings. The first-order valence-electron chi connectivity index (χ1n) is 4.47. The van der Waals surface area contributed by atoms with E-state index in [2.05, 4.69) is 5.10 Å². The van der Waals surface area contributed by atoms with E-state index in [9.17, 15) is 4.79 Å². The molecule has 0 amide bonds. The van der Waals surface area contributed by atoms with Crippen molar-refractivity contribution in [1.82, 2.24) is 9.78 Å². The summed E-state index contributed by atoms with van der Waals surface area (Å²) in [6.45, 7) is 3.34. The fourth-order valence-electron chi connectivity index (χ4n) is 0.985. The van der Waals surface area contributed by atoms with E-state index >= 15 is 0 Å². The molecule has 0 spiro atoms. The quantitative estimate of drug-likeness (QED) is 0.654. The number of rotatable bonds is 5. The van der Waals surface area contributed by atoms with Gasteiger partial charge in [0.05, 0.1) is 19.8 Å². The summed E-state index contributed by atoms with van der Waals surface area (Å²) < 4.78 is 11.3. The summed E-state index contributed by atoms with van der Waals surface area (Å²) in [5.74, 6) is -0.385. The van der Waals surface area contributed by atoms with E-state index < -0.39 is 0 Å². The molecule has 0 aliphatic heterocycles. The maximum atomic E-state index is 11.2. The summed E-state index contributed by atoms with van der Waals surface area (Å²) in [5.41, 5.74) is 0.336. The Morgan fingerprint density at radius 3 is 3.07 bits per heavy atom. The molecule has 5 nitrogen and oxygen atoms in total. The highest BCUT2D eigenvalue weighted by Crippen LogP contribution is 1.98. The molecule has 0 aromatic carbocycles. The third-order valence-corrected chi connectivity index (χ3v) is 1.65. The van der Waals surface area contributed by atoms with Crippen molar-refractivity contribution in [3.05, 3.63) is 18.0 Å². The van der Waals surface area contributed by atoms with Gasteiger partial charge in [0.15, 0.2) is 5.69 Å². The zero-order valence-corrected chi connectivity index (χ0v) is 8.40. The van der Waals surface area contributed by atoms with Gasteiger partial charge in [-0.05, 0) is 13.0 Å². The monoisotopic (exact) mass is 198 g/mol.